The number of aromatic nitrogens is 1. The third kappa shape index (κ3) is 3.25. The molecule has 0 aliphatic carbocycles. The van der Waals surface area contributed by atoms with Gasteiger partial charge in [0.15, 0.2) is 11.5 Å². The van der Waals surface area contributed by atoms with Crippen LogP contribution in [0.2, 0.25) is 0 Å². The topological polar surface area (TPSA) is 25.4 Å². The molecule has 7 aromatic carbocycles. The average molecular weight is 537 g/mol. The predicted octanol–water partition coefficient (Wildman–Crippen LogP) is 10.9. The summed E-state index contributed by atoms with van der Waals surface area (Å²) in [4.78, 5) is 7.39. The zero-order valence-corrected chi connectivity index (χ0v) is 22.7. The number of ether oxygens (including phenoxy) is 1. The summed E-state index contributed by atoms with van der Waals surface area (Å²) in [5.41, 5.74) is 6.55. The molecule has 0 saturated heterocycles. The Balaban J connectivity index is 1.52. The molecule has 0 fully saturated rings. The van der Waals surface area contributed by atoms with Gasteiger partial charge in [-0.2, -0.15) is 0 Å². The lowest BCUT2D eigenvalue weighted by Crippen LogP contribution is -2.16. The molecule has 0 saturated carbocycles. The molecule has 9 rings (SSSR count). The standard InChI is InChI=1S/C39H24N2O/c1-2-14-26-25(12-1)13-11-18-27(26)37-28-15-3-4-16-29(28)39(31-24-40-32-19-6-5-17-30(32)38(31)37)41-33-20-7-9-22-35(33)42-36-23-10-8-21-34(36)41/h1-24H. The van der Waals surface area contributed by atoms with Crippen molar-refractivity contribution in [1.82, 2.24) is 4.98 Å². The molecule has 0 N–H and O–H groups in total. The van der Waals surface area contributed by atoms with Crippen LogP contribution < -0.4 is 9.64 Å². The van der Waals surface area contributed by atoms with E-state index in [1.807, 2.05) is 24.3 Å². The largest absolute Gasteiger partial charge is 0.453 e. The quantitative estimate of drug-likeness (QED) is 0.162. The van der Waals surface area contributed by atoms with Crippen LogP contribution in [0.15, 0.2) is 146 Å². The lowest BCUT2D eigenvalue weighted by Gasteiger charge is -2.34. The fourth-order valence-electron chi connectivity index (χ4n) is 6.69. The van der Waals surface area contributed by atoms with Crippen molar-refractivity contribution in [3.8, 4) is 22.6 Å². The summed E-state index contributed by atoms with van der Waals surface area (Å²) >= 11 is 0. The number of hydrogen-bond acceptors (Lipinski definition) is 3. The predicted molar refractivity (Wildman–Crippen MR) is 174 cm³/mol. The maximum absolute atomic E-state index is 6.41. The van der Waals surface area contributed by atoms with Crippen molar-refractivity contribution in [3.63, 3.8) is 0 Å². The van der Waals surface area contributed by atoms with Gasteiger partial charge in [0.2, 0.25) is 0 Å². The van der Waals surface area contributed by atoms with E-state index in [-0.39, 0.29) is 0 Å². The first-order chi connectivity index (χ1) is 20.9. The summed E-state index contributed by atoms with van der Waals surface area (Å²) < 4.78 is 6.41. The molecule has 1 aliphatic heterocycles. The number of anilines is 3. The lowest BCUT2D eigenvalue weighted by molar-refractivity contribution is 0.477. The van der Waals surface area contributed by atoms with Crippen molar-refractivity contribution in [1.29, 1.82) is 0 Å². The molecular formula is C39H24N2O. The van der Waals surface area contributed by atoms with Crippen molar-refractivity contribution in [2.75, 3.05) is 4.90 Å². The molecule has 0 unspecified atom stereocenters. The van der Waals surface area contributed by atoms with Gasteiger partial charge in [0.25, 0.3) is 0 Å². The third-order valence-electron chi connectivity index (χ3n) is 8.45. The minimum Gasteiger partial charge on any atom is -0.453 e. The van der Waals surface area contributed by atoms with E-state index in [2.05, 4.69) is 126 Å². The molecule has 196 valence electrons. The van der Waals surface area contributed by atoms with Crippen LogP contribution >= 0.6 is 0 Å². The van der Waals surface area contributed by atoms with E-state index in [1.54, 1.807) is 0 Å². The maximum atomic E-state index is 6.41. The Labute approximate surface area is 242 Å². The van der Waals surface area contributed by atoms with Gasteiger partial charge >= 0.3 is 0 Å². The molecule has 0 spiro atoms. The van der Waals surface area contributed by atoms with Crippen LogP contribution in [-0.2, 0) is 0 Å². The van der Waals surface area contributed by atoms with Crippen molar-refractivity contribution >= 4 is 60.3 Å². The van der Waals surface area contributed by atoms with Crippen LogP contribution in [0.25, 0.3) is 54.3 Å². The molecule has 8 aromatic rings. The SMILES string of the molecule is c1ccc2c(c1)Oc1ccccc1N2c1c2ccccc2c(-c2cccc3ccccc23)c2c1cnc1ccccc12. The minimum atomic E-state index is 0.834. The van der Waals surface area contributed by atoms with E-state index in [0.29, 0.717) is 0 Å². The maximum Gasteiger partial charge on any atom is 0.151 e. The van der Waals surface area contributed by atoms with Crippen molar-refractivity contribution < 1.29 is 4.74 Å². The van der Waals surface area contributed by atoms with Gasteiger partial charge in [-0.1, -0.05) is 109 Å². The first kappa shape index (κ1) is 23.1. The summed E-state index contributed by atoms with van der Waals surface area (Å²) in [6.07, 6.45) is 2.06. The van der Waals surface area contributed by atoms with Crippen LogP contribution in [-0.4, -0.2) is 4.98 Å². The molecule has 0 radical (unpaired) electrons. The van der Waals surface area contributed by atoms with E-state index in [4.69, 9.17) is 9.72 Å². The number of para-hydroxylation sites is 5. The lowest BCUT2D eigenvalue weighted by atomic mass is 9.87. The monoisotopic (exact) mass is 536 g/mol. The van der Waals surface area contributed by atoms with Crippen LogP contribution in [0.1, 0.15) is 0 Å². The van der Waals surface area contributed by atoms with Gasteiger partial charge in [-0.05, 0) is 57.6 Å². The van der Waals surface area contributed by atoms with Crippen LogP contribution in [0.4, 0.5) is 17.1 Å². The number of nitrogens with zero attached hydrogens (tertiary/aromatic N) is 2. The van der Waals surface area contributed by atoms with E-state index >= 15 is 0 Å². The highest BCUT2D eigenvalue weighted by atomic mass is 16.5. The molecular weight excluding hydrogens is 512 g/mol. The molecule has 1 aromatic heterocycles. The first-order valence-corrected chi connectivity index (χ1v) is 14.2. The number of benzene rings is 7. The number of fused-ring (bicyclic) bond motifs is 7. The molecule has 0 amide bonds. The Morgan fingerprint density at radius 3 is 1.86 bits per heavy atom. The fraction of sp³-hybridized carbons (Fsp3) is 0. The van der Waals surface area contributed by atoms with E-state index in [0.717, 1.165) is 50.2 Å². The van der Waals surface area contributed by atoms with Crippen molar-refractivity contribution in [2.45, 2.75) is 0 Å². The molecule has 0 bridgehead atoms. The number of rotatable bonds is 2. The number of pyridine rings is 1. The second kappa shape index (κ2) is 8.92. The zero-order valence-electron chi connectivity index (χ0n) is 22.7. The summed E-state index contributed by atoms with van der Waals surface area (Å²) in [5.74, 6) is 1.67. The summed E-state index contributed by atoms with van der Waals surface area (Å²) in [6.45, 7) is 0. The minimum absolute atomic E-state index is 0.834. The summed E-state index contributed by atoms with van der Waals surface area (Å²) in [7, 11) is 0. The van der Waals surface area contributed by atoms with Gasteiger partial charge < -0.3 is 9.64 Å². The Kier molecular flexibility index (Phi) is 4.90. The van der Waals surface area contributed by atoms with Gasteiger partial charge in [-0.25, -0.2) is 0 Å². The fourth-order valence-corrected chi connectivity index (χ4v) is 6.69. The highest BCUT2D eigenvalue weighted by Crippen LogP contribution is 2.55. The first-order valence-electron chi connectivity index (χ1n) is 14.2. The normalized spacial score (nSPS) is 12.4. The Morgan fingerprint density at radius 1 is 0.476 bits per heavy atom. The van der Waals surface area contributed by atoms with Gasteiger partial charge in [0, 0.05) is 27.7 Å². The smallest absolute Gasteiger partial charge is 0.151 e. The van der Waals surface area contributed by atoms with Gasteiger partial charge in [0.05, 0.1) is 22.6 Å². The zero-order chi connectivity index (χ0) is 27.6. The molecule has 0 atom stereocenters. The molecule has 3 heteroatoms. The van der Waals surface area contributed by atoms with Crippen molar-refractivity contribution in [3.05, 3.63) is 146 Å². The molecule has 1 aliphatic rings. The van der Waals surface area contributed by atoms with Crippen molar-refractivity contribution in [2.24, 2.45) is 0 Å². The van der Waals surface area contributed by atoms with Crippen LogP contribution in [0, 0.1) is 0 Å². The summed E-state index contributed by atoms with van der Waals surface area (Å²) in [5, 5.41) is 8.27. The highest BCUT2D eigenvalue weighted by molar-refractivity contribution is 6.29. The second-order valence-electron chi connectivity index (χ2n) is 10.7. The number of hydrogen-bond donors (Lipinski definition) is 0. The second-order valence-corrected chi connectivity index (χ2v) is 10.7. The molecule has 3 nitrogen and oxygen atoms in total. The van der Waals surface area contributed by atoms with Gasteiger partial charge in [0.1, 0.15) is 0 Å². The average Bonchev–Trinajstić information content (AvgIpc) is 3.06. The van der Waals surface area contributed by atoms with Crippen LogP contribution in [0.5, 0.6) is 11.5 Å². The van der Waals surface area contributed by atoms with Crippen LogP contribution in [0.3, 0.4) is 0 Å². The molecule has 42 heavy (non-hydrogen) atoms. The molecule has 2 heterocycles. The Morgan fingerprint density at radius 2 is 1.07 bits per heavy atom. The van der Waals surface area contributed by atoms with Gasteiger partial charge in [-0.15, -0.1) is 0 Å². The third-order valence-corrected chi connectivity index (χ3v) is 8.45. The van der Waals surface area contributed by atoms with Gasteiger partial charge in [-0.3, -0.25) is 4.98 Å². The van der Waals surface area contributed by atoms with E-state index in [9.17, 15) is 0 Å². The van der Waals surface area contributed by atoms with E-state index < -0.39 is 0 Å². The Bertz CT molecular complexity index is 2310. The Hall–Kier alpha value is -5.67. The van der Waals surface area contributed by atoms with E-state index in [1.165, 1.54) is 32.7 Å². The summed E-state index contributed by atoms with van der Waals surface area (Å²) in [6, 6.07) is 49.2. The highest BCUT2D eigenvalue weighted by Gasteiger charge is 2.30.